The third-order valence-electron chi connectivity index (χ3n) is 12.7. The first-order chi connectivity index (χ1) is 31.6. The van der Waals surface area contributed by atoms with Crippen molar-refractivity contribution in [2.75, 3.05) is 78.9 Å². The van der Waals surface area contributed by atoms with E-state index in [1.807, 2.05) is 0 Å². The van der Waals surface area contributed by atoms with E-state index in [0.29, 0.717) is 26.2 Å². The zero-order valence-electron chi connectivity index (χ0n) is 45.2. The van der Waals surface area contributed by atoms with Gasteiger partial charge in [0.2, 0.25) is 0 Å². The molecule has 0 rings (SSSR count). The van der Waals surface area contributed by atoms with Gasteiger partial charge in [-0.15, -0.1) is 6.61 Å². The molecule has 0 bridgehead atoms. The summed E-state index contributed by atoms with van der Waals surface area (Å²) in [5, 5.41) is 10.0. The van der Waals surface area contributed by atoms with E-state index in [2.05, 4.69) is 44.4 Å². The van der Waals surface area contributed by atoms with E-state index in [1.54, 1.807) is 0 Å². The SMILES string of the molecule is CCCCCCCCC[O-].[CH2-]CCCCCCN(CCCCCCCC(=O)OCCCCCCCCC)CCOCCOCCN(CCCCCCCCC)CCCCCCCCC.[K+]. The van der Waals surface area contributed by atoms with E-state index in [4.69, 9.17) is 14.2 Å². The first kappa shape index (κ1) is 70.2. The van der Waals surface area contributed by atoms with Crippen molar-refractivity contribution in [1.82, 2.24) is 9.80 Å². The Hall–Kier alpha value is 0.906. The van der Waals surface area contributed by atoms with Crippen molar-refractivity contribution in [3.63, 3.8) is 0 Å². The molecule has 0 aliphatic rings. The molecule has 0 aliphatic heterocycles. The van der Waals surface area contributed by atoms with Crippen LogP contribution in [0.5, 0.6) is 0 Å². The molecule has 0 amide bonds. The minimum atomic E-state index is -0.00371. The molecule has 0 unspecified atom stereocenters. The van der Waals surface area contributed by atoms with Crippen molar-refractivity contribution in [3.8, 4) is 0 Å². The van der Waals surface area contributed by atoms with Gasteiger partial charge in [0, 0.05) is 19.5 Å². The van der Waals surface area contributed by atoms with Crippen LogP contribution in [0.2, 0.25) is 0 Å². The van der Waals surface area contributed by atoms with Crippen LogP contribution in [0.25, 0.3) is 0 Å². The largest absolute Gasteiger partial charge is 1.00 e. The molecule has 0 fully saturated rings. The standard InChI is InChI=1S/C48H97N2O4.C9H19O.K/c1-5-9-13-17-20-26-32-38-50(39-33-27-21-18-14-10-6-2)42-45-53-47-46-52-44-41-49(37-31-25-16-12-8-4)40-34-28-23-24-30-36-48(51)54-43-35-29-22-19-15-11-7-3;1-2-3-4-5-6-7-8-9-10;/h4-47H2,1-3H3;2-9H2,1H3;/q2*-1;+1. The van der Waals surface area contributed by atoms with Crippen LogP contribution in [0, 0.1) is 6.92 Å². The predicted octanol–water partition coefficient (Wildman–Crippen LogP) is 12.6. The van der Waals surface area contributed by atoms with E-state index in [9.17, 15) is 9.90 Å². The van der Waals surface area contributed by atoms with Crippen LogP contribution in [0.1, 0.15) is 278 Å². The zero-order chi connectivity index (χ0) is 46.9. The van der Waals surface area contributed by atoms with Crippen molar-refractivity contribution in [2.45, 2.75) is 278 Å². The summed E-state index contributed by atoms with van der Waals surface area (Å²) < 4.78 is 17.6. The second kappa shape index (κ2) is 64.9. The van der Waals surface area contributed by atoms with Crippen LogP contribution in [-0.4, -0.2) is 94.7 Å². The van der Waals surface area contributed by atoms with Crippen LogP contribution in [-0.2, 0) is 19.0 Å². The molecule has 0 aromatic heterocycles. The molecular formula is C57H116KN2O5-. The summed E-state index contributed by atoms with van der Waals surface area (Å²) in [6.07, 6.45) is 49.1. The van der Waals surface area contributed by atoms with Crippen molar-refractivity contribution < 1.29 is 75.5 Å². The molecule has 0 heterocycles. The average molecular weight is 949 g/mol. The van der Waals surface area contributed by atoms with Gasteiger partial charge in [-0.05, 0) is 64.7 Å². The topological polar surface area (TPSA) is 74.3 Å². The minimum absolute atomic E-state index is 0. The molecule has 0 spiro atoms. The fourth-order valence-electron chi connectivity index (χ4n) is 8.34. The van der Waals surface area contributed by atoms with Gasteiger partial charge in [-0.3, -0.25) is 4.79 Å². The van der Waals surface area contributed by atoms with Crippen LogP contribution < -0.4 is 56.5 Å². The first-order valence-corrected chi connectivity index (χ1v) is 28.7. The van der Waals surface area contributed by atoms with Gasteiger partial charge < -0.3 is 36.0 Å². The molecule has 8 heteroatoms. The first-order valence-electron chi connectivity index (χ1n) is 28.7. The summed E-state index contributed by atoms with van der Waals surface area (Å²) in [6, 6.07) is 0. The van der Waals surface area contributed by atoms with E-state index in [0.717, 1.165) is 77.9 Å². The van der Waals surface area contributed by atoms with Gasteiger partial charge in [-0.25, -0.2) is 0 Å². The molecule has 0 saturated heterocycles. The van der Waals surface area contributed by atoms with Gasteiger partial charge >= 0.3 is 57.4 Å². The van der Waals surface area contributed by atoms with Crippen molar-refractivity contribution in [3.05, 3.63) is 6.92 Å². The van der Waals surface area contributed by atoms with Gasteiger partial charge in [0.1, 0.15) is 0 Å². The Bertz CT molecular complexity index is 813. The van der Waals surface area contributed by atoms with Crippen molar-refractivity contribution >= 4 is 5.97 Å². The third-order valence-corrected chi connectivity index (χ3v) is 12.7. The Morgan fingerprint density at radius 2 is 0.677 bits per heavy atom. The molecule has 0 radical (unpaired) electrons. The molecule has 0 aromatic rings. The summed E-state index contributed by atoms with van der Waals surface area (Å²) in [6.45, 7) is 23.6. The molecule has 0 aliphatic carbocycles. The summed E-state index contributed by atoms with van der Waals surface area (Å²) >= 11 is 0. The molecule has 65 heavy (non-hydrogen) atoms. The maximum atomic E-state index is 12.1. The number of rotatable bonds is 54. The summed E-state index contributed by atoms with van der Waals surface area (Å²) in [5.74, 6) is -0.00371. The molecule has 7 nitrogen and oxygen atoms in total. The third kappa shape index (κ3) is 62.9. The fourth-order valence-corrected chi connectivity index (χ4v) is 8.34. The van der Waals surface area contributed by atoms with Gasteiger partial charge in [0.25, 0.3) is 0 Å². The van der Waals surface area contributed by atoms with Crippen molar-refractivity contribution in [1.29, 1.82) is 0 Å². The molecule has 0 N–H and O–H groups in total. The maximum absolute atomic E-state index is 12.1. The Morgan fingerprint density at radius 3 is 1.03 bits per heavy atom. The van der Waals surface area contributed by atoms with Gasteiger partial charge in [0.05, 0.1) is 33.0 Å². The number of unbranched alkanes of at least 4 members (excludes halogenated alkanes) is 32. The fraction of sp³-hybridized carbons (Fsp3) is 0.965. The van der Waals surface area contributed by atoms with Crippen LogP contribution in [0.4, 0.5) is 0 Å². The Kier molecular flexibility index (Phi) is 70.1. The van der Waals surface area contributed by atoms with Crippen LogP contribution >= 0.6 is 0 Å². The number of carbonyl (C=O) groups is 1. The second-order valence-corrected chi connectivity index (χ2v) is 19.1. The number of hydrogen-bond acceptors (Lipinski definition) is 7. The van der Waals surface area contributed by atoms with Crippen molar-refractivity contribution in [2.24, 2.45) is 0 Å². The zero-order valence-corrected chi connectivity index (χ0v) is 48.3. The molecule has 386 valence electrons. The smallest absolute Gasteiger partial charge is 0.854 e. The molecular weight excluding hydrogens is 832 g/mol. The van der Waals surface area contributed by atoms with E-state index in [1.165, 1.54) is 219 Å². The number of hydrogen-bond donors (Lipinski definition) is 0. The summed E-state index contributed by atoms with van der Waals surface area (Å²) in [7, 11) is 0. The predicted molar refractivity (Wildman–Crippen MR) is 278 cm³/mol. The maximum Gasteiger partial charge on any atom is 1.00 e. The molecule has 0 aromatic carbocycles. The number of carbonyl (C=O) groups excluding carboxylic acids is 1. The van der Waals surface area contributed by atoms with Gasteiger partial charge in [0.15, 0.2) is 0 Å². The Balaban J connectivity index is -0.00000309. The van der Waals surface area contributed by atoms with Gasteiger partial charge in [-0.1, -0.05) is 227 Å². The average Bonchev–Trinajstić information content (AvgIpc) is 3.30. The van der Waals surface area contributed by atoms with Gasteiger partial charge in [-0.2, -0.15) is 6.42 Å². The Morgan fingerprint density at radius 1 is 0.369 bits per heavy atom. The summed E-state index contributed by atoms with van der Waals surface area (Å²) in [5.41, 5.74) is 0. The van der Waals surface area contributed by atoms with E-state index in [-0.39, 0.29) is 64.0 Å². The normalized spacial score (nSPS) is 11.3. The second-order valence-electron chi connectivity index (χ2n) is 19.1. The number of esters is 1. The monoisotopic (exact) mass is 948 g/mol. The van der Waals surface area contributed by atoms with E-state index >= 15 is 0 Å². The quantitative estimate of drug-likeness (QED) is 0.0260. The minimum Gasteiger partial charge on any atom is -0.854 e. The summed E-state index contributed by atoms with van der Waals surface area (Å²) in [4.78, 5) is 17.4. The van der Waals surface area contributed by atoms with Crippen LogP contribution in [0.3, 0.4) is 0 Å². The molecule has 0 atom stereocenters. The van der Waals surface area contributed by atoms with E-state index < -0.39 is 0 Å². The Labute approximate surface area is 451 Å². The number of ether oxygens (including phenoxy) is 3. The van der Waals surface area contributed by atoms with Crippen LogP contribution in [0.15, 0.2) is 0 Å². The number of nitrogens with zero attached hydrogens (tertiary/aromatic N) is 2. The molecule has 0 saturated carbocycles.